The van der Waals surface area contributed by atoms with Crippen LogP contribution in [-0.2, 0) is 0 Å². The summed E-state index contributed by atoms with van der Waals surface area (Å²) in [7, 11) is 1.60. The molecule has 0 aliphatic carbocycles. The summed E-state index contributed by atoms with van der Waals surface area (Å²) in [6.07, 6.45) is 0. The zero-order valence-electron chi connectivity index (χ0n) is 13.9. The molecule has 25 heavy (non-hydrogen) atoms. The molecule has 1 heterocycles. The molecule has 4 nitrogen and oxygen atoms in total. The van der Waals surface area contributed by atoms with E-state index in [-0.39, 0.29) is 11.6 Å². The molecule has 0 fully saturated rings. The number of para-hydroxylation sites is 1. The van der Waals surface area contributed by atoms with Gasteiger partial charge in [-0.05, 0) is 36.8 Å². The van der Waals surface area contributed by atoms with Crippen molar-refractivity contribution in [3.05, 3.63) is 64.6 Å². The van der Waals surface area contributed by atoms with Gasteiger partial charge in [0.2, 0.25) is 0 Å². The van der Waals surface area contributed by atoms with E-state index >= 15 is 0 Å². The number of fused-ring (bicyclic) bond motifs is 1. The Morgan fingerprint density at radius 2 is 2.08 bits per heavy atom. The molecular formula is C19H18ClFN2O2. The fourth-order valence-electron chi connectivity index (χ4n) is 2.79. The third-order valence-corrected chi connectivity index (χ3v) is 4.30. The lowest BCUT2D eigenvalue weighted by atomic mass is 10.1. The van der Waals surface area contributed by atoms with E-state index in [2.05, 4.69) is 10.3 Å². The lowest BCUT2D eigenvalue weighted by Crippen LogP contribution is -2.15. The summed E-state index contributed by atoms with van der Waals surface area (Å²) in [6.45, 7) is 1.72. The topological polar surface area (TPSA) is 54.4 Å². The minimum absolute atomic E-state index is 0.0233. The number of aryl methyl sites for hydroxylation is 1. The first-order chi connectivity index (χ1) is 12.0. The Bertz CT molecular complexity index is 917. The molecule has 0 aliphatic rings. The number of aliphatic hydroxyl groups excluding tert-OH is 1. The number of nitrogens with one attached hydrogen (secondary N) is 1. The quantitative estimate of drug-likeness (QED) is 0.704. The molecule has 130 valence electrons. The van der Waals surface area contributed by atoms with E-state index in [9.17, 15) is 9.50 Å². The highest BCUT2D eigenvalue weighted by atomic mass is 35.5. The molecule has 0 saturated heterocycles. The number of rotatable bonds is 5. The van der Waals surface area contributed by atoms with Crippen LogP contribution in [0.25, 0.3) is 10.9 Å². The molecule has 2 aromatic carbocycles. The highest BCUT2D eigenvalue weighted by molar-refractivity contribution is 6.30. The van der Waals surface area contributed by atoms with Crippen LogP contribution in [0.2, 0.25) is 5.02 Å². The van der Waals surface area contributed by atoms with Gasteiger partial charge in [0.05, 0.1) is 24.8 Å². The summed E-state index contributed by atoms with van der Waals surface area (Å²) in [6, 6.07) is 11.5. The van der Waals surface area contributed by atoms with Crippen LogP contribution in [0.15, 0.2) is 42.5 Å². The normalized spacial score (nSPS) is 12.2. The molecule has 0 amide bonds. The molecule has 1 unspecified atom stereocenters. The van der Waals surface area contributed by atoms with E-state index in [1.165, 1.54) is 12.1 Å². The van der Waals surface area contributed by atoms with Crippen LogP contribution >= 0.6 is 11.6 Å². The number of benzene rings is 2. The van der Waals surface area contributed by atoms with Crippen LogP contribution in [0.1, 0.15) is 17.3 Å². The van der Waals surface area contributed by atoms with Gasteiger partial charge in [0.1, 0.15) is 17.1 Å². The fourth-order valence-corrected chi connectivity index (χ4v) is 2.97. The van der Waals surface area contributed by atoms with Crippen molar-refractivity contribution in [3.8, 4) is 5.75 Å². The van der Waals surface area contributed by atoms with Crippen molar-refractivity contribution in [2.45, 2.75) is 13.0 Å². The van der Waals surface area contributed by atoms with E-state index < -0.39 is 11.9 Å². The van der Waals surface area contributed by atoms with Crippen LogP contribution < -0.4 is 10.1 Å². The summed E-state index contributed by atoms with van der Waals surface area (Å²) in [5.41, 5.74) is 3.05. The minimum atomic E-state index is -0.489. The van der Waals surface area contributed by atoms with Crippen LogP contribution in [0.4, 0.5) is 10.1 Å². The van der Waals surface area contributed by atoms with Crippen molar-refractivity contribution < 1.29 is 14.2 Å². The Morgan fingerprint density at radius 1 is 1.28 bits per heavy atom. The lowest BCUT2D eigenvalue weighted by molar-refractivity contribution is 0.276. The zero-order chi connectivity index (χ0) is 18.0. The van der Waals surface area contributed by atoms with Gasteiger partial charge in [-0.3, -0.25) is 0 Å². The van der Waals surface area contributed by atoms with Crippen molar-refractivity contribution in [1.29, 1.82) is 0 Å². The molecule has 0 spiro atoms. The molecule has 6 heteroatoms. The van der Waals surface area contributed by atoms with Crippen LogP contribution in [0, 0.1) is 12.7 Å². The van der Waals surface area contributed by atoms with Gasteiger partial charge in [0.25, 0.3) is 0 Å². The SMILES string of the molecule is COc1cccc2c(NC(CO)c3ccc(F)c(Cl)c3)cc(C)nc12. The van der Waals surface area contributed by atoms with Gasteiger partial charge in [-0.15, -0.1) is 0 Å². The highest BCUT2D eigenvalue weighted by Crippen LogP contribution is 2.32. The molecular weight excluding hydrogens is 343 g/mol. The third kappa shape index (κ3) is 3.52. The second kappa shape index (κ2) is 7.25. The van der Waals surface area contributed by atoms with Crippen LogP contribution in [0.5, 0.6) is 5.75 Å². The van der Waals surface area contributed by atoms with Gasteiger partial charge in [-0.25, -0.2) is 9.37 Å². The first-order valence-electron chi connectivity index (χ1n) is 7.80. The maximum absolute atomic E-state index is 13.4. The van der Waals surface area contributed by atoms with Crippen molar-refractivity contribution in [3.63, 3.8) is 0 Å². The van der Waals surface area contributed by atoms with Crippen molar-refractivity contribution in [2.75, 3.05) is 19.0 Å². The average molecular weight is 361 g/mol. The van der Waals surface area contributed by atoms with Gasteiger partial charge < -0.3 is 15.2 Å². The van der Waals surface area contributed by atoms with Gasteiger partial charge in [0, 0.05) is 16.8 Å². The second-order valence-electron chi connectivity index (χ2n) is 5.72. The first-order valence-corrected chi connectivity index (χ1v) is 8.18. The molecule has 3 aromatic rings. The first kappa shape index (κ1) is 17.5. The Labute approximate surface area is 150 Å². The summed E-state index contributed by atoms with van der Waals surface area (Å²) in [4.78, 5) is 4.54. The Morgan fingerprint density at radius 3 is 2.76 bits per heavy atom. The number of pyridine rings is 1. The number of ether oxygens (including phenoxy) is 1. The average Bonchev–Trinajstić information content (AvgIpc) is 2.61. The Hall–Kier alpha value is -2.37. The highest BCUT2D eigenvalue weighted by Gasteiger charge is 2.15. The van der Waals surface area contributed by atoms with E-state index in [1.54, 1.807) is 13.2 Å². The van der Waals surface area contributed by atoms with E-state index in [0.717, 1.165) is 22.3 Å². The number of methoxy groups -OCH3 is 1. The van der Waals surface area contributed by atoms with Gasteiger partial charge in [-0.1, -0.05) is 29.8 Å². The van der Waals surface area contributed by atoms with Gasteiger partial charge in [-0.2, -0.15) is 0 Å². The Balaban J connectivity index is 2.04. The van der Waals surface area contributed by atoms with E-state index in [4.69, 9.17) is 16.3 Å². The molecule has 0 saturated carbocycles. The molecule has 3 rings (SSSR count). The summed E-state index contributed by atoms with van der Waals surface area (Å²) in [5, 5.41) is 14.0. The maximum Gasteiger partial charge on any atom is 0.145 e. The molecule has 0 bridgehead atoms. The van der Waals surface area contributed by atoms with Crippen molar-refractivity contribution >= 4 is 28.2 Å². The van der Waals surface area contributed by atoms with E-state index in [0.29, 0.717) is 11.3 Å². The van der Waals surface area contributed by atoms with Crippen LogP contribution in [-0.4, -0.2) is 23.8 Å². The minimum Gasteiger partial charge on any atom is -0.494 e. The number of halogens is 2. The molecule has 0 aliphatic heterocycles. The van der Waals surface area contributed by atoms with E-state index in [1.807, 2.05) is 31.2 Å². The smallest absolute Gasteiger partial charge is 0.145 e. The summed E-state index contributed by atoms with van der Waals surface area (Å²) >= 11 is 5.87. The number of anilines is 1. The maximum atomic E-state index is 13.4. The largest absolute Gasteiger partial charge is 0.494 e. The number of nitrogens with zero attached hydrogens (tertiary/aromatic N) is 1. The Kier molecular flexibility index (Phi) is 5.06. The number of hydrogen-bond acceptors (Lipinski definition) is 4. The standard InChI is InChI=1S/C19H18ClFN2O2/c1-11-8-16(13-4-3-5-18(25-2)19(13)22-11)23-17(10-24)12-6-7-15(21)14(20)9-12/h3-9,17,24H,10H2,1-2H3,(H,22,23). The van der Waals surface area contributed by atoms with Crippen molar-refractivity contribution in [2.24, 2.45) is 0 Å². The van der Waals surface area contributed by atoms with Gasteiger partial charge >= 0.3 is 0 Å². The summed E-state index contributed by atoms with van der Waals surface area (Å²) < 4.78 is 18.8. The lowest BCUT2D eigenvalue weighted by Gasteiger charge is -2.20. The van der Waals surface area contributed by atoms with Crippen molar-refractivity contribution in [1.82, 2.24) is 4.98 Å². The molecule has 0 radical (unpaired) electrons. The zero-order valence-corrected chi connectivity index (χ0v) is 14.6. The molecule has 2 N–H and O–H groups in total. The van der Waals surface area contributed by atoms with Gasteiger partial charge in [0.15, 0.2) is 0 Å². The molecule has 1 aromatic heterocycles. The fraction of sp³-hybridized carbons (Fsp3) is 0.211. The van der Waals surface area contributed by atoms with Crippen LogP contribution in [0.3, 0.4) is 0 Å². The second-order valence-corrected chi connectivity index (χ2v) is 6.13. The third-order valence-electron chi connectivity index (χ3n) is 4.01. The predicted molar refractivity (Wildman–Crippen MR) is 97.9 cm³/mol. The summed E-state index contributed by atoms with van der Waals surface area (Å²) in [5.74, 6) is 0.187. The number of hydrogen-bond donors (Lipinski definition) is 2. The molecule has 1 atom stereocenters. The predicted octanol–water partition coefficient (Wildman–Crippen LogP) is 4.49. The number of aromatic nitrogens is 1. The monoisotopic (exact) mass is 360 g/mol. The number of aliphatic hydroxyl groups is 1.